The second kappa shape index (κ2) is 7.34. The summed E-state index contributed by atoms with van der Waals surface area (Å²) in [5.74, 6) is -0.711. The summed E-state index contributed by atoms with van der Waals surface area (Å²) >= 11 is 0. The zero-order valence-electron chi connectivity index (χ0n) is 13.9. The van der Waals surface area contributed by atoms with E-state index in [4.69, 9.17) is 4.42 Å². The van der Waals surface area contributed by atoms with Crippen LogP contribution in [-0.2, 0) is 24.7 Å². The van der Waals surface area contributed by atoms with Crippen molar-refractivity contribution in [2.24, 2.45) is 7.05 Å². The fraction of sp³-hybridized carbons (Fsp3) is 0.263. The smallest absolute Gasteiger partial charge is 0.408 e. The first kappa shape index (κ1) is 17.0. The molecule has 0 atom stereocenters. The molecule has 1 heterocycles. The number of nitrogens with one attached hydrogen (secondary N) is 1. The van der Waals surface area contributed by atoms with Gasteiger partial charge in [0, 0.05) is 20.0 Å². The van der Waals surface area contributed by atoms with Gasteiger partial charge in [-0.2, -0.15) is 0 Å². The predicted molar refractivity (Wildman–Crippen MR) is 92.9 cm³/mol. The minimum atomic E-state index is -0.388. The van der Waals surface area contributed by atoms with Gasteiger partial charge in [-0.05, 0) is 48.2 Å². The van der Waals surface area contributed by atoms with Crippen molar-refractivity contribution in [3.05, 3.63) is 70.0 Å². The summed E-state index contributed by atoms with van der Waals surface area (Å²) in [4.78, 5) is 23.4. The van der Waals surface area contributed by atoms with Crippen LogP contribution < -0.4 is 11.1 Å². The van der Waals surface area contributed by atoms with Crippen LogP contribution in [0.15, 0.2) is 51.7 Å². The van der Waals surface area contributed by atoms with Gasteiger partial charge in [-0.25, -0.2) is 9.18 Å². The lowest BCUT2D eigenvalue weighted by molar-refractivity contribution is -0.121. The van der Waals surface area contributed by atoms with Crippen molar-refractivity contribution in [2.45, 2.75) is 19.3 Å². The van der Waals surface area contributed by atoms with E-state index in [2.05, 4.69) is 5.32 Å². The SMILES string of the molecule is Cn1c(=O)oc2cc(CCNC(=O)CCc3ccc(F)cc3)ccc21. The Kier molecular flexibility index (Phi) is 4.97. The standard InChI is InChI=1S/C19H19FN2O3/c1-22-16-8-4-14(12-17(16)25-19(22)24)10-11-21-18(23)9-5-13-2-6-15(20)7-3-13/h2-4,6-8,12H,5,9-11H2,1H3,(H,21,23). The summed E-state index contributed by atoms with van der Waals surface area (Å²) in [7, 11) is 1.66. The maximum atomic E-state index is 12.8. The van der Waals surface area contributed by atoms with Crippen LogP contribution in [0.1, 0.15) is 17.5 Å². The van der Waals surface area contributed by atoms with Crippen LogP contribution in [0.4, 0.5) is 4.39 Å². The monoisotopic (exact) mass is 342 g/mol. The molecule has 1 aromatic heterocycles. The highest BCUT2D eigenvalue weighted by atomic mass is 19.1. The fourth-order valence-corrected chi connectivity index (χ4v) is 2.68. The Labute approximate surface area is 144 Å². The lowest BCUT2D eigenvalue weighted by Gasteiger charge is -2.06. The van der Waals surface area contributed by atoms with Crippen molar-refractivity contribution < 1.29 is 13.6 Å². The Balaban J connectivity index is 1.48. The third-order valence-electron chi connectivity index (χ3n) is 4.15. The summed E-state index contributed by atoms with van der Waals surface area (Å²) in [5.41, 5.74) is 3.21. The van der Waals surface area contributed by atoms with Gasteiger partial charge >= 0.3 is 5.76 Å². The molecule has 1 N–H and O–H groups in total. The molecule has 3 aromatic rings. The fourth-order valence-electron chi connectivity index (χ4n) is 2.68. The Morgan fingerprint density at radius 2 is 1.84 bits per heavy atom. The van der Waals surface area contributed by atoms with Crippen LogP contribution in [0.3, 0.4) is 0 Å². The molecular weight excluding hydrogens is 323 g/mol. The third-order valence-corrected chi connectivity index (χ3v) is 4.15. The number of rotatable bonds is 6. The quantitative estimate of drug-likeness (QED) is 0.749. The van der Waals surface area contributed by atoms with Gasteiger partial charge < -0.3 is 9.73 Å². The number of aromatic nitrogens is 1. The summed E-state index contributed by atoms with van der Waals surface area (Å²) in [6.07, 6.45) is 1.59. The predicted octanol–water partition coefficient (Wildman–Crippen LogP) is 2.56. The zero-order chi connectivity index (χ0) is 17.8. The van der Waals surface area contributed by atoms with Crippen molar-refractivity contribution in [3.63, 3.8) is 0 Å². The number of halogens is 1. The number of oxazole rings is 1. The van der Waals surface area contributed by atoms with Gasteiger partial charge in [-0.1, -0.05) is 18.2 Å². The van der Waals surface area contributed by atoms with Gasteiger partial charge in [0.1, 0.15) is 5.82 Å². The summed E-state index contributed by atoms with van der Waals surface area (Å²) in [6.45, 7) is 0.505. The van der Waals surface area contributed by atoms with Crippen molar-refractivity contribution in [3.8, 4) is 0 Å². The zero-order valence-corrected chi connectivity index (χ0v) is 13.9. The minimum Gasteiger partial charge on any atom is -0.408 e. The van der Waals surface area contributed by atoms with E-state index >= 15 is 0 Å². The lowest BCUT2D eigenvalue weighted by Crippen LogP contribution is -2.25. The van der Waals surface area contributed by atoms with Gasteiger partial charge in [-0.15, -0.1) is 0 Å². The van der Waals surface area contributed by atoms with E-state index in [0.717, 1.165) is 16.6 Å². The topological polar surface area (TPSA) is 64.2 Å². The van der Waals surface area contributed by atoms with Gasteiger partial charge in [0.25, 0.3) is 0 Å². The van der Waals surface area contributed by atoms with E-state index in [1.165, 1.54) is 16.7 Å². The first-order chi connectivity index (χ1) is 12.0. The molecule has 0 aliphatic rings. The molecule has 0 radical (unpaired) electrons. The number of carbonyl (C=O) groups is 1. The van der Waals surface area contributed by atoms with Crippen LogP contribution in [0.5, 0.6) is 0 Å². The third kappa shape index (κ3) is 4.15. The summed E-state index contributed by atoms with van der Waals surface area (Å²) < 4.78 is 19.4. The molecule has 0 spiro atoms. The second-order valence-electron chi connectivity index (χ2n) is 5.96. The van der Waals surface area contributed by atoms with Gasteiger partial charge in [0.05, 0.1) is 5.52 Å². The van der Waals surface area contributed by atoms with Gasteiger partial charge in [0.2, 0.25) is 5.91 Å². The number of hydrogen-bond acceptors (Lipinski definition) is 3. The minimum absolute atomic E-state index is 0.0448. The molecular formula is C19H19FN2O3. The normalized spacial score (nSPS) is 11.0. The highest BCUT2D eigenvalue weighted by molar-refractivity contribution is 5.76. The van der Waals surface area contributed by atoms with E-state index < -0.39 is 0 Å². The first-order valence-corrected chi connectivity index (χ1v) is 8.12. The van der Waals surface area contributed by atoms with Gasteiger partial charge in [0.15, 0.2) is 5.58 Å². The number of carbonyl (C=O) groups excluding carboxylic acids is 1. The van der Waals surface area contributed by atoms with Crippen molar-refractivity contribution in [2.75, 3.05) is 6.54 Å². The molecule has 0 aliphatic heterocycles. The lowest BCUT2D eigenvalue weighted by atomic mass is 10.1. The van der Waals surface area contributed by atoms with Crippen LogP contribution in [0.25, 0.3) is 11.1 Å². The van der Waals surface area contributed by atoms with Crippen LogP contribution in [-0.4, -0.2) is 17.0 Å². The molecule has 3 rings (SSSR count). The highest BCUT2D eigenvalue weighted by Crippen LogP contribution is 2.14. The van der Waals surface area contributed by atoms with Crippen LogP contribution >= 0.6 is 0 Å². The Bertz CT molecular complexity index is 941. The van der Waals surface area contributed by atoms with E-state index in [1.54, 1.807) is 19.2 Å². The number of fused-ring (bicyclic) bond motifs is 1. The number of benzene rings is 2. The molecule has 0 saturated carbocycles. The highest BCUT2D eigenvalue weighted by Gasteiger charge is 2.07. The average Bonchev–Trinajstić information content (AvgIpc) is 2.88. The molecule has 6 heteroatoms. The Morgan fingerprint density at radius 1 is 1.12 bits per heavy atom. The number of hydrogen-bond donors (Lipinski definition) is 1. The van der Waals surface area contributed by atoms with Crippen molar-refractivity contribution >= 4 is 17.0 Å². The summed E-state index contributed by atoms with van der Waals surface area (Å²) in [6, 6.07) is 11.7. The van der Waals surface area contributed by atoms with Gasteiger partial charge in [-0.3, -0.25) is 9.36 Å². The Morgan fingerprint density at radius 3 is 2.60 bits per heavy atom. The molecule has 1 amide bonds. The number of aryl methyl sites for hydroxylation is 2. The molecule has 0 unspecified atom stereocenters. The maximum Gasteiger partial charge on any atom is 0.419 e. The van der Waals surface area contributed by atoms with E-state index in [-0.39, 0.29) is 17.5 Å². The Hall–Kier alpha value is -2.89. The molecule has 130 valence electrons. The van der Waals surface area contributed by atoms with Crippen LogP contribution in [0, 0.1) is 5.82 Å². The van der Waals surface area contributed by atoms with Crippen molar-refractivity contribution in [1.29, 1.82) is 0 Å². The molecule has 0 fully saturated rings. The van der Waals surface area contributed by atoms with E-state index in [0.29, 0.717) is 31.4 Å². The number of nitrogens with zero attached hydrogens (tertiary/aromatic N) is 1. The molecule has 0 bridgehead atoms. The first-order valence-electron chi connectivity index (χ1n) is 8.12. The molecule has 0 aliphatic carbocycles. The number of amides is 1. The van der Waals surface area contributed by atoms with Crippen molar-refractivity contribution in [1.82, 2.24) is 9.88 Å². The molecule has 2 aromatic carbocycles. The molecule has 5 nitrogen and oxygen atoms in total. The molecule has 25 heavy (non-hydrogen) atoms. The summed E-state index contributed by atoms with van der Waals surface area (Å²) in [5, 5.41) is 2.87. The maximum absolute atomic E-state index is 12.8. The largest absolute Gasteiger partial charge is 0.419 e. The average molecular weight is 342 g/mol. The van der Waals surface area contributed by atoms with Crippen LogP contribution in [0.2, 0.25) is 0 Å². The van der Waals surface area contributed by atoms with E-state index in [9.17, 15) is 14.0 Å². The molecule has 0 saturated heterocycles. The second-order valence-corrected chi connectivity index (χ2v) is 5.96. The van der Waals surface area contributed by atoms with E-state index in [1.807, 2.05) is 18.2 Å².